The first-order valence-corrected chi connectivity index (χ1v) is 10.2. The highest BCUT2D eigenvalue weighted by atomic mass is 16.5. The van der Waals surface area contributed by atoms with Crippen molar-refractivity contribution < 1.29 is 18.8 Å². The van der Waals surface area contributed by atoms with E-state index < -0.39 is 5.97 Å². The van der Waals surface area contributed by atoms with E-state index in [1.54, 1.807) is 6.92 Å². The van der Waals surface area contributed by atoms with Crippen LogP contribution in [0.5, 0.6) is 0 Å². The molecule has 1 aliphatic heterocycles. The molecule has 1 aliphatic carbocycles. The van der Waals surface area contributed by atoms with Crippen molar-refractivity contribution in [2.75, 3.05) is 13.2 Å². The number of nitrogens with zero attached hydrogens (tertiary/aromatic N) is 2. The molecule has 2 aromatic rings. The number of aromatic nitrogens is 1. The number of carbonyl (C=O) groups excluding carboxylic acids is 2. The van der Waals surface area contributed by atoms with Gasteiger partial charge >= 0.3 is 5.97 Å². The number of ether oxygens (including phenoxy) is 1. The lowest BCUT2D eigenvalue weighted by Crippen LogP contribution is -2.39. The van der Waals surface area contributed by atoms with Gasteiger partial charge in [0.15, 0.2) is 6.61 Å². The fraction of sp³-hybridized carbons (Fsp3) is 0.522. The molecular weight excluding hydrogens is 368 g/mol. The quantitative estimate of drug-likeness (QED) is 0.723. The van der Waals surface area contributed by atoms with E-state index in [2.05, 4.69) is 25.9 Å². The number of hydrogen-bond donors (Lipinski definition) is 0. The first-order chi connectivity index (χ1) is 13.7. The molecule has 2 aliphatic rings. The molecule has 2 heterocycles. The number of aryl methyl sites for hydroxylation is 1. The van der Waals surface area contributed by atoms with Crippen LogP contribution in [0, 0.1) is 17.8 Å². The van der Waals surface area contributed by atoms with Crippen molar-refractivity contribution in [1.82, 2.24) is 10.1 Å². The van der Waals surface area contributed by atoms with E-state index in [9.17, 15) is 9.59 Å². The second-order valence-corrected chi connectivity index (χ2v) is 9.64. The van der Waals surface area contributed by atoms with Crippen LogP contribution in [0.25, 0.3) is 11.3 Å². The third kappa shape index (κ3) is 3.80. The second kappa shape index (κ2) is 7.01. The predicted octanol–water partition coefficient (Wildman–Crippen LogP) is 4.23. The fourth-order valence-corrected chi connectivity index (χ4v) is 5.44. The third-order valence-corrected chi connectivity index (χ3v) is 6.18. The Morgan fingerprint density at radius 2 is 1.93 bits per heavy atom. The minimum absolute atomic E-state index is 0.125. The lowest BCUT2D eigenvalue weighted by Gasteiger charge is -2.39. The average molecular weight is 396 g/mol. The summed E-state index contributed by atoms with van der Waals surface area (Å²) < 4.78 is 10.6. The average Bonchev–Trinajstić information content (AvgIpc) is 3.16. The van der Waals surface area contributed by atoms with E-state index in [1.165, 1.54) is 0 Å². The number of amides is 1. The number of rotatable bonds is 4. The van der Waals surface area contributed by atoms with Crippen molar-refractivity contribution in [2.24, 2.45) is 10.8 Å². The van der Waals surface area contributed by atoms with Crippen molar-refractivity contribution in [3.05, 3.63) is 41.7 Å². The van der Waals surface area contributed by atoms with Gasteiger partial charge in [0.2, 0.25) is 0 Å². The first-order valence-electron chi connectivity index (χ1n) is 10.2. The standard InChI is InChI=1S/C23H28N2O4/c1-15-19(20(24-29-15)16-8-6-5-7-9-16)21(27)28-12-18(26)25-14-23(4)11-17(25)10-22(2,3)13-23/h5-9,17H,10-14H2,1-4H3/t17-,23-/m0/s1. The Labute approximate surface area is 171 Å². The zero-order valence-corrected chi connectivity index (χ0v) is 17.5. The van der Waals surface area contributed by atoms with Crippen molar-refractivity contribution in [3.63, 3.8) is 0 Å². The summed E-state index contributed by atoms with van der Waals surface area (Å²) in [4.78, 5) is 27.5. The number of carbonyl (C=O) groups is 2. The molecule has 2 atom stereocenters. The van der Waals surface area contributed by atoms with E-state index in [-0.39, 0.29) is 34.9 Å². The van der Waals surface area contributed by atoms with Gasteiger partial charge in [-0.05, 0) is 37.0 Å². The number of esters is 1. The molecule has 1 saturated heterocycles. The summed E-state index contributed by atoms with van der Waals surface area (Å²) in [5.74, 6) is -0.322. The van der Waals surface area contributed by atoms with E-state index >= 15 is 0 Å². The monoisotopic (exact) mass is 396 g/mol. The van der Waals surface area contributed by atoms with Crippen LogP contribution in [0.1, 0.15) is 56.2 Å². The van der Waals surface area contributed by atoms with Crippen LogP contribution in [0.3, 0.4) is 0 Å². The number of likely N-dealkylation sites (tertiary alicyclic amines) is 1. The van der Waals surface area contributed by atoms with Crippen molar-refractivity contribution in [2.45, 2.75) is 53.0 Å². The van der Waals surface area contributed by atoms with Crippen LogP contribution in [-0.2, 0) is 9.53 Å². The lowest BCUT2D eigenvalue weighted by molar-refractivity contribution is -0.135. The lowest BCUT2D eigenvalue weighted by atomic mass is 9.65. The highest BCUT2D eigenvalue weighted by Gasteiger charge is 2.51. The molecule has 1 aromatic heterocycles. The summed E-state index contributed by atoms with van der Waals surface area (Å²) in [6.45, 7) is 8.94. The number of benzene rings is 1. The van der Waals surface area contributed by atoms with Gasteiger partial charge in [0.1, 0.15) is 17.0 Å². The summed E-state index contributed by atoms with van der Waals surface area (Å²) in [5, 5.41) is 4.01. The van der Waals surface area contributed by atoms with Crippen LogP contribution in [-0.4, -0.2) is 41.1 Å². The molecule has 154 valence electrons. The third-order valence-electron chi connectivity index (χ3n) is 6.18. The Morgan fingerprint density at radius 1 is 1.21 bits per heavy atom. The Balaban J connectivity index is 1.45. The van der Waals surface area contributed by atoms with Gasteiger partial charge in [-0.1, -0.05) is 56.3 Å². The normalized spacial score (nSPS) is 25.1. The molecule has 1 amide bonds. The number of fused-ring (bicyclic) bond motifs is 2. The Bertz CT molecular complexity index is 934. The minimum Gasteiger partial charge on any atom is -0.452 e. The van der Waals surface area contributed by atoms with Gasteiger partial charge in [-0.3, -0.25) is 4.79 Å². The van der Waals surface area contributed by atoms with Gasteiger partial charge in [-0.15, -0.1) is 0 Å². The van der Waals surface area contributed by atoms with E-state index in [1.807, 2.05) is 35.2 Å². The molecule has 0 N–H and O–H groups in total. The molecular formula is C23H28N2O4. The largest absolute Gasteiger partial charge is 0.452 e. The van der Waals surface area contributed by atoms with E-state index in [4.69, 9.17) is 9.26 Å². The van der Waals surface area contributed by atoms with Crippen molar-refractivity contribution in [1.29, 1.82) is 0 Å². The Hall–Kier alpha value is -2.63. The van der Waals surface area contributed by atoms with Crippen LogP contribution in [0.2, 0.25) is 0 Å². The summed E-state index contributed by atoms with van der Waals surface area (Å²) in [6, 6.07) is 9.56. The van der Waals surface area contributed by atoms with Gasteiger partial charge in [0.25, 0.3) is 5.91 Å². The molecule has 1 saturated carbocycles. The Morgan fingerprint density at radius 3 is 2.66 bits per heavy atom. The van der Waals surface area contributed by atoms with Gasteiger partial charge in [0.05, 0.1) is 0 Å². The maximum Gasteiger partial charge on any atom is 0.344 e. The van der Waals surface area contributed by atoms with Gasteiger partial charge in [-0.2, -0.15) is 0 Å². The predicted molar refractivity (Wildman–Crippen MR) is 108 cm³/mol. The van der Waals surface area contributed by atoms with E-state index in [0.29, 0.717) is 11.5 Å². The zero-order valence-electron chi connectivity index (χ0n) is 17.5. The SMILES string of the molecule is Cc1onc(-c2ccccc2)c1C(=O)OCC(=O)N1C[C@@]2(C)C[C@@H]1CC(C)(C)C2. The van der Waals surface area contributed by atoms with Gasteiger partial charge in [-0.25, -0.2) is 4.79 Å². The van der Waals surface area contributed by atoms with Crippen molar-refractivity contribution >= 4 is 11.9 Å². The summed E-state index contributed by atoms with van der Waals surface area (Å²) in [5.41, 5.74) is 1.86. The van der Waals surface area contributed by atoms with Gasteiger partial charge < -0.3 is 14.2 Å². The summed E-state index contributed by atoms with van der Waals surface area (Å²) in [7, 11) is 0. The minimum atomic E-state index is -0.579. The summed E-state index contributed by atoms with van der Waals surface area (Å²) in [6.07, 6.45) is 3.13. The van der Waals surface area contributed by atoms with Crippen LogP contribution in [0.4, 0.5) is 0 Å². The molecule has 0 spiro atoms. The number of hydrogen-bond acceptors (Lipinski definition) is 5. The molecule has 6 heteroatoms. The molecule has 6 nitrogen and oxygen atoms in total. The van der Waals surface area contributed by atoms with Gasteiger partial charge in [0, 0.05) is 18.2 Å². The first kappa shape index (κ1) is 19.7. The molecule has 0 radical (unpaired) electrons. The van der Waals surface area contributed by atoms with Crippen LogP contribution >= 0.6 is 0 Å². The molecule has 1 aromatic carbocycles. The van der Waals surface area contributed by atoms with E-state index in [0.717, 1.165) is 31.4 Å². The van der Waals surface area contributed by atoms with Crippen LogP contribution in [0.15, 0.2) is 34.9 Å². The topological polar surface area (TPSA) is 72.6 Å². The molecule has 2 fully saturated rings. The zero-order chi connectivity index (χ0) is 20.8. The van der Waals surface area contributed by atoms with Crippen LogP contribution < -0.4 is 0 Å². The van der Waals surface area contributed by atoms with Crippen molar-refractivity contribution in [3.8, 4) is 11.3 Å². The molecule has 29 heavy (non-hydrogen) atoms. The highest BCUT2D eigenvalue weighted by molar-refractivity contribution is 5.98. The maximum absolute atomic E-state index is 12.9. The fourth-order valence-electron chi connectivity index (χ4n) is 5.44. The molecule has 2 bridgehead atoms. The highest BCUT2D eigenvalue weighted by Crippen LogP contribution is 2.52. The maximum atomic E-state index is 12.9. The summed E-state index contributed by atoms with van der Waals surface area (Å²) >= 11 is 0. The smallest absolute Gasteiger partial charge is 0.344 e. The molecule has 4 rings (SSSR count). The second-order valence-electron chi connectivity index (χ2n) is 9.64. The Kier molecular flexibility index (Phi) is 4.75. The molecule has 0 unspecified atom stereocenters.